The molecule has 1 N–H and O–H groups in total. The van der Waals surface area contributed by atoms with E-state index < -0.39 is 35.1 Å². The fourth-order valence-corrected chi connectivity index (χ4v) is 2.37. The molecule has 6 heteroatoms. The van der Waals surface area contributed by atoms with E-state index in [0.717, 1.165) is 6.07 Å². The van der Waals surface area contributed by atoms with Crippen molar-refractivity contribution in [1.82, 2.24) is 5.32 Å². The summed E-state index contributed by atoms with van der Waals surface area (Å²) in [6.45, 7) is 6.98. The van der Waals surface area contributed by atoms with Crippen molar-refractivity contribution in [2.24, 2.45) is 0 Å². The van der Waals surface area contributed by atoms with E-state index in [-0.39, 0.29) is 5.56 Å². The number of benzene rings is 2. The Balaban J connectivity index is 2.27. The highest BCUT2D eigenvalue weighted by Crippen LogP contribution is 2.33. The van der Waals surface area contributed by atoms with Gasteiger partial charge < -0.3 is 14.8 Å². The third-order valence-electron chi connectivity index (χ3n) is 3.52. The van der Waals surface area contributed by atoms with Gasteiger partial charge in [0, 0.05) is 5.56 Å². The molecule has 0 spiro atoms. The number of nitrogens with one attached hydrogen (secondary N) is 1. The van der Waals surface area contributed by atoms with Gasteiger partial charge in [0.2, 0.25) is 0 Å². The van der Waals surface area contributed by atoms with Gasteiger partial charge in [0.15, 0.2) is 17.4 Å². The summed E-state index contributed by atoms with van der Waals surface area (Å²) in [6, 6.07) is 10.1. The lowest BCUT2D eigenvalue weighted by molar-refractivity contribution is 0.0501. The fraction of sp³-hybridized carbons (Fsp3) is 0.350. The zero-order valence-electron chi connectivity index (χ0n) is 15.3. The summed E-state index contributed by atoms with van der Waals surface area (Å²) in [7, 11) is 0. The number of alkyl carbamates (subject to hydrolysis) is 1. The molecule has 1 atom stereocenters. The van der Waals surface area contributed by atoms with Gasteiger partial charge in [-0.3, -0.25) is 0 Å². The monoisotopic (exact) mass is 363 g/mol. The molecule has 0 aliphatic carbocycles. The molecule has 2 aromatic carbocycles. The summed E-state index contributed by atoms with van der Waals surface area (Å²) in [6.07, 6.45) is -0.273. The second-order valence-corrected chi connectivity index (χ2v) is 6.80. The maximum Gasteiger partial charge on any atom is 0.408 e. The molecule has 0 bridgehead atoms. The molecule has 4 nitrogen and oxygen atoms in total. The summed E-state index contributed by atoms with van der Waals surface area (Å²) in [4.78, 5) is 12.0. The number of carbonyl (C=O) groups excluding carboxylic acids is 1. The second-order valence-electron chi connectivity index (χ2n) is 6.80. The number of rotatable bonds is 5. The standard InChI is InChI=1S/C20H23F2NO3/c1-5-16(23-19(24)26-20(2,3)4)14-11-12-15(21)18(17(14)22)25-13-9-7-6-8-10-13/h6-12,16H,5H2,1-4H3,(H,23,24). The zero-order chi connectivity index (χ0) is 19.3. The van der Waals surface area contributed by atoms with Gasteiger partial charge in [-0.2, -0.15) is 0 Å². The van der Waals surface area contributed by atoms with Gasteiger partial charge in [-0.05, 0) is 45.4 Å². The molecule has 0 aromatic heterocycles. The van der Waals surface area contributed by atoms with Crippen LogP contribution in [0, 0.1) is 11.6 Å². The number of halogens is 2. The number of carbonyl (C=O) groups is 1. The van der Waals surface area contributed by atoms with Gasteiger partial charge >= 0.3 is 6.09 Å². The van der Waals surface area contributed by atoms with Crippen LogP contribution in [-0.2, 0) is 4.74 Å². The van der Waals surface area contributed by atoms with Crippen molar-refractivity contribution >= 4 is 6.09 Å². The number of amides is 1. The van der Waals surface area contributed by atoms with E-state index in [0.29, 0.717) is 12.2 Å². The minimum atomic E-state index is -0.850. The number of para-hydroxylation sites is 1. The van der Waals surface area contributed by atoms with Crippen LogP contribution in [0.5, 0.6) is 11.5 Å². The highest BCUT2D eigenvalue weighted by molar-refractivity contribution is 5.68. The van der Waals surface area contributed by atoms with Crippen molar-refractivity contribution in [2.45, 2.75) is 45.8 Å². The molecule has 0 saturated heterocycles. The maximum absolute atomic E-state index is 14.9. The molecule has 0 aliphatic heterocycles. The van der Waals surface area contributed by atoms with Gasteiger partial charge in [-0.25, -0.2) is 13.6 Å². The molecule has 140 valence electrons. The van der Waals surface area contributed by atoms with Crippen molar-refractivity contribution in [3.63, 3.8) is 0 Å². The number of hydrogen-bond donors (Lipinski definition) is 1. The van der Waals surface area contributed by atoms with Crippen molar-refractivity contribution in [2.75, 3.05) is 0 Å². The Morgan fingerprint density at radius 1 is 1.12 bits per heavy atom. The van der Waals surface area contributed by atoms with Crippen molar-refractivity contribution in [3.05, 3.63) is 59.7 Å². The molecule has 1 amide bonds. The molecule has 2 aromatic rings. The van der Waals surface area contributed by atoms with Crippen LogP contribution in [0.3, 0.4) is 0 Å². The minimum absolute atomic E-state index is 0.130. The van der Waals surface area contributed by atoms with E-state index in [9.17, 15) is 13.6 Å². The summed E-state index contributed by atoms with van der Waals surface area (Å²) in [5.41, 5.74) is -0.545. The van der Waals surface area contributed by atoms with Crippen LogP contribution < -0.4 is 10.1 Å². The third kappa shape index (κ3) is 5.18. The average molecular weight is 363 g/mol. The SMILES string of the molecule is CCC(NC(=O)OC(C)(C)C)c1ccc(F)c(Oc2ccccc2)c1F. The van der Waals surface area contributed by atoms with Crippen LogP contribution in [0.15, 0.2) is 42.5 Å². The maximum atomic E-state index is 14.9. The average Bonchev–Trinajstić information content (AvgIpc) is 2.56. The Bertz CT molecular complexity index is 758. The first-order valence-electron chi connectivity index (χ1n) is 8.41. The third-order valence-corrected chi connectivity index (χ3v) is 3.52. The first-order valence-corrected chi connectivity index (χ1v) is 8.41. The van der Waals surface area contributed by atoms with Gasteiger partial charge in [-0.1, -0.05) is 31.2 Å². The lowest BCUT2D eigenvalue weighted by Crippen LogP contribution is -2.35. The van der Waals surface area contributed by atoms with E-state index in [1.807, 2.05) is 0 Å². The summed E-state index contributed by atoms with van der Waals surface area (Å²) < 4.78 is 39.5. The lowest BCUT2D eigenvalue weighted by Gasteiger charge is -2.24. The van der Waals surface area contributed by atoms with Gasteiger partial charge in [-0.15, -0.1) is 0 Å². The highest BCUT2D eigenvalue weighted by Gasteiger charge is 2.24. The Labute approximate surface area is 152 Å². The molecular formula is C20H23F2NO3. The first-order chi connectivity index (χ1) is 12.2. The Morgan fingerprint density at radius 2 is 1.77 bits per heavy atom. The summed E-state index contributed by atoms with van der Waals surface area (Å²) in [5, 5.41) is 2.61. The normalized spacial score (nSPS) is 12.4. The fourth-order valence-electron chi connectivity index (χ4n) is 2.37. The van der Waals surface area contributed by atoms with Gasteiger partial charge in [0.25, 0.3) is 0 Å². The molecule has 0 aliphatic rings. The van der Waals surface area contributed by atoms with E-state index in [2.05, 4.69) is 5.32 Å². The van der Waals surface area contributed by atoms with Crippen molar-refractivity contribution in [3.8, 4) is 11.5 Å². The molecule has 0 fully saturated rings. The molecule has 26 heavy (non-hydrogen) atoms. The topological polar surface area (TPSA) is 47.6 Å². The molecule has 2 rings (SSSR count). The summed E-state index contributed by atoms with van der Waals surface area (Å²) in [5.74, 6) is -1.85. The minimum Gasteiger partial charge on any atom is -0.451 e. The van der Waals surface area contributed by atoms with Crippen molar-refractivity contribution < 1.29 is 23.0 Å². The van der Waals surface area contributed by atoms with E-state index in [1.165, 1.54) is 6.07 Å². The molecule has 1 unspecified atom stereocenters. The van der Waals surface area contributed by atoms with Crippen LogP contribution in [0.2, 0.25) is 0 Å². The first kappa shape index (κ1) is 19.7. The second kappa shape index (κ2) is 8.17. The van der Waals surface area contributed by atoms with Crippen LogP contribution in [0.25, 0.3) is 0 Å². The largest absolute Gasteiger partial charge is 0.451 e. The number of hydrogen-bond acceptors (Lipinski definition) is 3. The van der Waals surface area contributed by atoms with Crippen LogP contribution in [0.1, 0.15) is 45.7 Å². The summed E-state index contributed by atoms with van der Waals surface area (Å²) >= 11 is 0. The van der Waals surface area contributed by atoms with E-state index in [1.54, 1.807) is 58.0 Å². The number of ether oxygens (including phenoxy) is 2. The van der Waals surface area contributed by atoms with Gasteiger partial charge in [0.1, 0.15) is 11.4 Å². The van der Waals surface area contributed by atoms with Crippen LogP contribution in [-0.4, -0.2) is 11.7 Å². The molecule has 0 heterocycles. The quantitative estimate of drug-likeness (QED) is 0.738. The van der Waals surface area contributed by atoms with Crippen LogP contribution in [0.4, 0.5) is 13.6 Å². The lowest BCUT2D eigenvalue weighted by atomic mass is 10.0. The smallest absolute Gasteiger partial charge is 0.408 e. The van der Waals surface area contributed by atoms with E-state index >= 15 is 0 Å². The van der Waals surface area contributed by atoms with Gasteiger partial charge in [0.05, 0.1) is 6.04 Å². The highest BCUT2D eigenvalue weighted by atomic mass is 19.1. The zero-order valence-corrected chi connectivity index (χ0v) is 15.3. The molecular weight excluding hydrogens is 340 g/mol. The molecule has 0 saturated carbocycles. The predicted molar refractivity (Wildman–Crippen MR) is 95.3 cm³/mol. The Hall–Kier alpha value is -2.63. The van der Waals surface area contributed by atoms with Crippen LogP contribution >= 0.6 is 0 Å². The van der Waals surface area contributed by atoms with E-state index in [4.69, 9.17) is 9.47 Å². The van der Waals surface area contributed by atoms with Crippen molar-refractivity contribution in [1.29, 1.82) is 0 Å². The predicted octanol–water partition coefficient (Wildman–Crippen LogP) is 5.73. The Morgan fingerprint density at radius 3 is 2.35 bits per heavy atom. The molecule has 0 radical (unpaired) electrons. The Kier molecular flexibility index (Phi) is 6.18.